The molecule has 1 aliphatic rings. The first-order chi connectivity index (χ1) is 10.2. The third-order valence-electron chi connectivity index (χ3n) is 4.91. The van der Waals surface area contributed by atoms with Gasteiger partial charge in [0.1, 0.15) is 5.60 Å². The minimum absolute atomic E-state index is 0.0819. The Kier molecular flexibility index (Phi) is 6.32. The van der Waals surface area contributed by atoms with Gasteiger partial charge < -0.3 is 19.8 Å². The first-order valence-corrected chi connectivity index (χ1v) is 11.5. The molecule has 1 saturated heterocycles. The molecule has 1 heterocycles. The molecule has 23 heavy (non-hydrogen) atoms. The molecule has 2 atom stereocenters. The number of likely N-dealkylation sites (tertiary alicyclic amines) is 1. The number of carbonyl (C=O) groups excluding carboxylic acids is 1. The summed E-state index contributed by atoms with van der Waals surface area (Å²) in [4.78, 5) is 14.0. The molecule has 0 bridgehead atoms. The summed E-state index contributed by atoms with van der Waals surface area (Å²) in [5.74, 6) is 0.172. The van der Waals surface area contributed by atoms with Crippen molar-refractivity contribution in [2.24, 2.45) is 11.7 Å². The van der Waals surface area contributed by atoms with Crippen molar-refractivity contribution in [3.63, 3.8) is 0 Å². The molecule has 136 valence electrons. The van der Waals surface area contributed by atoms with Crippen molar-refractivity contribution in [1.29, 1.82) is 0 Å². The smallest absolute Gasteiger partial charge is 0.410 e. The Morgan fingerprint density at radius 2 is 1.78 bits per heavy atom. The third kappa shape index (κ3) is 6.08. The molecule has 2 N–H and O–H groups in total. The van der Waals surface area contributed by atoms with Gasteiger partial charge in [-0.1, -0.05) is 20.8 Å². The molecule has 6 heteroatoms. The third-order valence-corrected chi connectivity index (χ3v) is 9.41. The van der Waals surface area contributed by atoms with Crippen LogP contribution < -0.4 is 5.73 Å². The van der Waals surface area contributed by atoms with Crippen LogP contribution in [0.3, 0.4) is 0 Å². The summed E-state index contributed by atoms with van der Waals surface area (Å²) in [6.07, 6.45) is 0.548. The molecule has 2 unspecified atom stereocenters. The van der Waals surface area contributed by atoms with E-state index < -0.39 is 13.9 Å². The van der Waals surface area contributed by atoms with E-state index in [1.54, 1.807) is 4.90 Å². The van der Waals surface area contributed by atoms with Gasteiger partial charge in [0.05, 0.1) is 0 Å². The average Bonchev–Trinajstić information content (AvgIpc) is 2.34. The Balaban J connectivity index is 2.63. The zero-order valence-electron chi connectivity index (χ0n) is 16.2. The topological polar surface area (TPSA) is 64.8 Å². The standard InChI is InChI=1S/C17H36N2O3Si/c1-16(2,3)22-15(20)19-10-9-14(18)13(11-19)12-21-23(7,8)17(4,5)6/h13-14H,9-12,18H2,1-8H3. The fourth-order valence-electron chi connectivity index (χ4n) is 2.25. The lowest BCUT2D eigenvalue weighted by atomic mass is 9.94. The average molecular weight is 345 g/mol. The van der Waals surface area contributed by atoms with Crippen LogP contribution >= 0.6 is 0 Å². The van der Waals surface area contributed by atoms with E-state index in [2.05, 4.69) is 33.9 Å². The molecule has 1 aliphatic heterocycles. The van der Waals surface area contributed by atoms with Crippen molar-refractivity contribution in [2.75, 3.05) is 19.7 Å². The zero-order valence-corrected chi connectivity index (χ0v) is 17.2. The Bertz CT molecular complexity index is 413. The summed E-state index contributed by atoms with van der Waals surface area (Å²) in [7, 11) is -1.80. The van der Waals surface area contributed by atoms with E-state index in [9.17, 15) is 4.79 Å². The Labute approximate surface area is 143 Å². The molecule has 0 radical (unpaired) electrons. The molecule has 1 fully saturated rings. The van der Waals surface area contributed by atoms with Gasteiger partial charge in [-0.15, -0.1) is 0 Å². The monoisotopic (exact) mass is 344 g/mol. The molecule has 0 aromatic heterocycles. The van der Waals surface area contributed by atoms with Crippen molar-refractivity contribution < 1.29 is 14.0 Å². The van der Waals surface area contributed by atoms with Crippen LogP contribution in [0.2, 0.25) is 18.1 Å². The van der Waals surface area contributed by atoms with Gasteiger partial charge in [0.2, 0.25) is 0 Å². The SMILES string of the molecule is CC(C)(C)OC(=O)N1CCC(N)C(CO[Si](C)(C)C(C)(C)C)C1. The van der Waals surface area contributed by atoms with Gasteiger partial charge in [0.25, 0.3) is 0 Å². The summed E-state index contributed by atoms with van der Waals surface area (Å²) in [6.45, 7) is 18.7. The second kappa shape index (κ2) is 7.11. The minimum atomic E-state index is -1.80. The van der Waals surface area contributed by atoms with Gasteiger partial charge in [0.15, 0.2) is 8.32 Å². The van der Waals surface area contributed by atoms with Crippen molar-refractivity contribution in [1.82, 2.24) is 4.90 Å². The van der Waals surface area contributed by atoms with Gasteiger partial charge in [-0.05, 0) is 45.3 Å². The van der Waals surface area contributed by atoms with E-state index in [0.717, 1.165) is 6.42 Å². The molecule has 5 nitrogen and oxygen atoms in total. The van der Waals surface area contributed by atoms with E-state index >= 15 is 0 Å². The van der Waals surface area contributed by atoms with E-state index in [4.69, 9.17) is 14.9 Å². The second-order valence-electron chi connectivity index (χ2n) is 9.21. The van der Waals surface area contributed by atoms with Crippen LogP contribution in [0.4, 0.5) is 4.79 Å². The number of piperidine rings is 1. The van der Waals surface area contributed by atoms with Crippen molar-refractivity contribution >= 4 is 14.4 Å². The van der Waals surface area contributed by atoms with Gasteiger partial charge in [-0.3, -0.25) is 0 Å². The summed E-state index contributed by atoms with van der Waals surface area (Å²) in [5.41, 5.74) is 5.80. The lowest BCUT2D eigenvalue weighted by Gasteiger charge is -2.41. The molecule has 0 aromatic rings. The zero-order chi connectivity index (χ0) is 18.1. The van der Waals surface area contributed by atoms with Crippen molar-refractivity contribution in [3.05, 3.63) is 0 Å². The van der Waals surface area contributed by atoms with Crippen LogP contribution in [-0.2, 0) is 9.16 Å². The fourth-order valence-corrected chi connectivity index (χ4v) is 3.31. The van der Waals surface area contributed by atoms with Crippen LogP contribution in [-0.4, -0.2) is 50.6 Å². The lowest BCUT2D eigenvalue weighted by molar-refractivity contribution is 0.0111. The molecular formula is C17H36N2O3Si. The lowest BCUT2D eigenvalue weighted by Crippen LogP contribution is -2.53. The van der Waals surface area contributed by atoms with E-state index in [1.165, 1.54) is 0 Å². The first-order valence-electron chi connectivity index (χ1n) is 8.60. The maximum atomic E-state index is 12.3. The number of rotatable bonds is 3. The molecular weight excluding hydrogens is 308 g/mol. The fraction of sp³-hybridized carbons (Fsp3) is 0.941. The number of hydrogen-bond acceptors (Lipinski definition) is 4. The minimum Gasteiger partial charge on any atom is -0.444 e. The number of nitrogens with two attached hydrogens (primary N) is 1. The quantitative estimate of drug-likeness (QED) is 0.795. The van der Waals surface area contributed by atoms with Gasteiger partial charge in [-0.25, -0.2) is 4.79 Å². The summed E-state index contributed by atoms with van der Waals surface area (Å²) < 4.78 is 11.8. The molecule has 0 saturated carbocycles. The van der Waals surface area contributed by atoms with E-state index in [1.807, 2.05) is 20.8 Å². The Hall–Kier alpha value is -0.593. The molecule has 0 aromatic carbocycles. The van der Waals surface area contributed by atoms with E-state index in [-0.39, 0.29) is 23.1 Å². The highest BCUT2D eigenvalue weighted by atomic mass is 28.4. The van der Waals surface area contributed by atoms with Crippen LogP contribution in [0.25, 0.3) is 0 Å². The number of nitrogens with zero attached hydrogens (tertiary/aromatic N) is 1. The predicted molar refractivity (Wildman–Crippen MR) is 97.0 cm³/mol. The predicted octanol–water partition coefficient (Wildman–Crippen LogP) is 3.59. The maximum absolute atomic E-state index is 12.3. The Morgan fingerprint density at radius 1 is 1.22 bits per heavy atom. The number of carbonyl (C=O) groups is 1. The summed E-state index contributed by atoms with van der Waals surface area (Å²) in [6, 6.07) is 0.0819. The van der Waals surface area contributed by atoms with Gasteiger partial charge in [0, 0.05) is 31.7 Å². The van der Waals surface area contributed by atoms with Crippen molar-refractivity contribution in [3.8, 4) is 0 Å². The van der Waals surface area contributed by atoms with Crippen molar-refractivity contribution in [2.45, 2.75) is 77.7 Å². The summed E-state index contributed by atoms with van der Waals surface area (Å²) >= 11 is 0. The largest absolute Gasteiger partial charge is 0.444 e. The highest BCUT2D eigenvalue weighted by molar-refractivity contribution is 6.74. The van der Waals surface area contributed by atoms with Crippen LogP contribution in [0, 0.1) is 5.92 Å². The van der Waals surface area contributed by atoms with E-state index in [0.29, 0.717) is 19.7 Å². The van der Waals surface area contributed by atoms with Gasteiger partial charge in [-0.2, -0.15) is 0 Å². The highest BCUT2D eigenvalue weighted by Gasteiger charge is 2.39. The maximum Gasteiger partial charge on any atom is 0.410 e. The van der Waals surface area contributed by atoms with Gasteiger partial charge >= 0.3 is 6.09 Å². The number of ether oxygens (including phenoxy) is 1. The summed E-state index contributed by atoms with van der Waals surface area (Å²) in [5, 5.41) is 0.177. The molecule has 0 aliphatic carbocycles. The highest BCUT2D eigenvalue weighted by Crippen LogP contribution is 2.37. The molecule has 0 spiro atoms. The Morgan fingerprint density at radius 3 is 2.26 bits per heavy atom. The first kappa shape index (κ1) is 20.5. The molecule has 1 rings (SSSR count). The second-order valence-corrected chi connectivity index (χ2v) is 14.0. The van der Waals surface area contributed by atoms with Crippen LogP contribution in [0.5, 0.6) is 0 Å². The number of hydrogen-bond donors (Lipinski definition) is 1. The normalized spacial score (nSPS) is 23.8. The molecule has 1 amide bonds. The van der Waals surface area contributed by atoms with Crippen LogP contribution in [0.1, 0.15) is 48.0 Å². The number of amides is 1. The van der Waals surface area contributed by atoms with Crippen LogP contribution in [0.15, 0.2) is 0 Å².